The Morgan fingerprint density at radius 2 is 2.16 bits per heavy atom. The van der Waals surface area contributed by atoms with Gasteiger partial charge < -0.3 is 4.74 Å². The lowest BCUT2D eigenvalue weighted by Gasteiger charge is -2.04. The molecule has 0 unspecified atom stereocenters. The predicted molar refractivity (Wildman–Crippen MR) is 73.8 cm³/mol. The molecular weight excluding hydrogens is 260 g/mol. The van der Waals surface area contributed by atoms with Gasteiger partial charge in [-0.25, -0.2) is 4.98 Å². The van der Waals surface area contributed by atoms with Crippen molar-refractivity contribution in [3.05, 3.63) is 53.3 Å². The number of carbonyl (C=O) groups is 1. The van der Waals surface area contributed by atoms with E-state index in [0.717, 1.165) is 16.4 Å². The van der Waals surface area contributed by atoms with E-state index in [2.05, 4.69) is 4.98 Å². The Balaban J connectivity index is 1.68. The summed E-state index contributed by atoms with van der Waals surface area (Å²) in [6, 6.07) is 7.14. The third kappa shape index (κ3) is 2.51. The van der Waals surface area contributed by atoms with Gasteiger partial charge >= 0.3 is 0 Å². The number of carbonyl (C=O) groups excluding carboxylic acids is 1. The van der Waals surface area contributed by atoms with Gasteiger partial charge in [0.15, 0.2) is 10.7 Å². The van der Waals surface area contributed by atoms with Crippen molar-refractivity contribution in [3.8, 4) is 5.75 Å². The molecule has 0 saturated heterocycles. The second-order valence-electron chi connectivity index (χ2n) is 4.19. The number of nitrogens with zero attached hydrogens (tertiary/aromatic N) is 2. The quantitative estimate of drug-likeness (QED) is 0.685. The van der Waals surface area contributed by atoms with E-state index >= 15 is 0 Å². The van der Waals surface area contributed by atoms with Crippen molar-refractivity contribution in [2.75, 3.05) is 0 Å². The van der Waals surface area contributed by atoms with Crippen LogP contribution in [0.5, 0.6) is 5.75 Å². The van der Waals surface area contributed by atoms with E-state index < -0.39 is 0 Å². The van der Waals surface area contributed by atoms with Gasteiger partial charge in [0.1, 0.15) is 12.4 Å². The first-order valence-corrected chi connectivity index (χ1v) is 6.75. The van der Waals surface area contributed by atoms with E-state index in [9.17, 15) is 4.79 Å². The van der Waals surface area contributed by atoms with E-state index in [4.69, 9.17) is 4.74 Å². The molecule has 0 N–H and O–H groups in total. The molecule has 3 rings (SSSR count). The van der Waals surface area contributed by atoms with Gasteiger partial charge in [-0.3, -0.25) is 9.20 Å². The van der Waals surface area contributed by atoms with Crippen LogP contribution >= 0.6 is 11.3 Å². The second kappa shape index (κ2) is 4.85. The molecule has 19 heavy (non-hydrogen) atoms. The number of rotatable bonds is 4. The maximum absolute atomic E-state index is 11.2. The number of fused-ring (bicyclic) bond motifs is 1. The number of benzene rings is 1. The number of ketones is 1. The number of aromatic nitrogens is 2. The Labute approximate surface area is 114 Å². The Hall–Kier alpha value is -2.14. The summed E-state index contributed by atoms with van der Waals surface area (Å²) in [7, 11) is 0. The molecule has 2 heterocycles. The summed E-state index contributed by atoms with van der Waals surface area (Å²) in [6.07, 6.45) is 3.92. The summed E-state index contributed by atoms with van der Waals surface area (Å²) in [6.45, 7) is 1.97. The molecule has 0 amide bonds. The van der Waals surface area contributed by atoms with Crippen molar-refractivity contribution in [3.63, 3.8) is 0 Å². The summed E-state index contributed by atoms with van der Waals surface area (Å²) in [5.74, 6) is 0.794. The van der Waals surface area contributed by atoms with E-state index in [1.807, 2.05) is 22.2 Å². The van der Waals surface area contributed by atoms with Gasteiger partial charge in [0, 0.05) is 23.3 Å². The fraction of sp³-hybridized carbons (Fsp3) is 0.143. The van der Waals surface area contributed by atoms with E-state index in [0.29, 0.717) is 12.2 Å². The van der Waals surface area contributed by atoms with E-state index in [-0.39, 0.29) is 5.78 Å². The van der Waals surface area contributed by atoms with Gasteiger partial charge in [-0.15, -0.1) is 11.3 Å². The maximum Gasteiger partial charge on any atom is 0.193 e. The molecule has 1 aromatic carbocycles. The normalized spacial score (nSPS) is 10.8. The van der Waals surface area contributed by atoms with Crippen LogP contribution in [-0.4, -0.2) is 15.2 Å². The fourth-order valence-corrected chi connectivity index (χ4v) is 2.51. The van der Waals surface area contributed by atoms with Crippen LogP contribution in [-0.2, 0) is 6.61 Å². The Morgan fingerprint density at radius 3 is 2.84 bits per heavy atom. The highest BCUT2D eigenvalue weighted by molar-refractivity contribution is 7.15. The molecule has 0 spiro atoms. The molecule has 0 bridgehead atoms. The molecule has 2 aromatic heterocycles. The van der Waals surface area contributed by atoms with Crippen LogP contribution in [0.1, 0.15) is 23.0 Å². The largest absolute Gasteiger partial charge is 0.487 e. The highest BCUT2D eigenvalue weighted by atomic mass is 32.1. The molecule has 4 nitrogen and oxygen atoms in total. The number of imidazole rings is 1. The smallest absolute Gasteiger partial charge is 0.193 e. The highest BCUT2D eigenvalue weighted by Crippen LogP contribution is 2.16. The van der Waals surface area contributed by atoms with Gasteiger partial charge in [-0.1, -0.05) is 0 Å². The number of hydrogen-bond donors (Lipinski definition) is 0. The summed E-state index contributed by atoms with van der Waals surface area (Å²) in [5, 5.41) is 1.99. The minimum Gasteiger partial charge on any atom is -0.487 e. The predicted octanol–water partition coefficient (Wildman–Crippen LogP) is 3.18. The summed E-state index contributed by atoms with van der Waals surface area (Å²) >= 11 is 1.59. The number of hydrogen-bond acceptors (Lipinski definition) is 4. The molecule has 0 saturated carbocycles. The van der Waals surface area contributed by atoms with Crippen molar-refractivity contribution in [2.45, 2.75) is 13.5 Å². The minimum atomic E-state index is 0.0564. The van der Waals surface area contributed by atoms with Gasteiger partial charge in [0.2, 0.25) is 0 Å². The van der Waals surface area contributed by atoms with Crippen LogP contribution in [0.4, 0.5) is 0 Å². The fourth-order valence-electron chi connectivity index (χ4n) is 1.79. The Kier molecular flexibility index (Phi) is 3.05. The van der Waals surface area contributed by atoms with Crippen LogP contribution in [0.15, 0.2) is 42.0 Å². The summed E-state index contributed by atoms with van der Waals surface area (Å²) in [5.41, 5.74) is 1.58. The number of ether oxygens (including phenoxy) is 1. The van der Waals surface area contributed by atoms with Crippen molar-refractivity contribution in [1.82, 2.24) is 9.38 Å². The molecule has 0 radical (unpaired) electrons. The Morgan fingerprint density at radius 1 is 1.37 bits per heavy atom. The van der Waals surface area contributed by atoms with E-state index in [1.54, 1.807) is 42.5 Å². The molecule has 96 valence electrons. The lowest BCUT2D eigenvalue weighted by atomic mass is 10.1. The lowest BCUT2D eigenvalue weighted by Crippen LogP contribution is -1.96. The van der Waals surface area contributed by atoms with E-state index in [1.165, 1.54) is 0 Å². The number of Topliss-reactive ketones (excluding diaryl/α,β-unsaturated/α-hetero) is 1. The van der Waals surface area contributed by atoms with Crippen molar-refractivity contribution < 1.29 is 9.53 Å². The van der Waals surface area contributed by atoms with Crippen molar-refractivity contribution in [1.29, 1.82) is 0 Å². The second-order valence-corrected chi connectivity index (χ2v) is 5.07. The monoisotopic (exact) mass is 272 g/mol. The molecule has 0 aliphatic rings. The first-order valence-electron chi connectivity index (χ1n) is 5.87. The standard InChI is InChI=1S/C14H12N2O2S/c1-10(17)11-2-4-13(5-3-11)18-9-12-8-16-6-7-19-14(16)15-12/h2-8H,9H2,1H3. The zero-order valence-corrected chi connectivity index (χ0v) is 11.2. The van der Waals surface area contributed by atoms with Crippen LogP contribution in [0.2, 0.25) is 0 Å². The molecule has 3 aromatic rings. The average molecular weight is 272 g/mol. The third-order valence-corrected chi connectivity index (χ3v) is 3.56. The van der Waals surface area contributed by atoms with Gasteiger partial charge in [0.05, 0.1) is 5.69 Å². The summed E-state index contributed by atoms with van der Waals surface area (Å²) < 4.78 is 7.62. The molecule has 0 aliphatic carbocycles. The molecule has 0 atom stereocenters. The molecule has 5 heteroatoms. The maximum atomic E-state index is 11.2. The number of thiazole rings is 1. The van der Waals surface area contributed by atoms with Crippen LogP contribution in [0, 0.1) is 0 Å². The lowest BCUT2D eigenvalue weighted by molar-refractivity contribution is 0.101. The average Bonchev–Trinajstić information content (AvgIpc) is 2.97. The Bertz CT molecular complexity index is 684. The first-order chi connectivity index (χ1) is 9.22. The third-order valence-electron chi connectivity index (χ3n) is 2.79. The highest BCUT2D eigenvalue weighted by Gasteiger charge is 2.04. The van der Waals surface area contributed by atoms with Crippen LogP contribution < -0.4 is 4.74 Å². The van der Waals surface area contributed by atoms with Crippen LogP contribution in [0.25, 0.3) is 4.96 Å². The zero-order chi connectivity index (χ0) is 13.2. The van der Waals surface area contributed by atoms with Gasteiger partial charge in [-0.05, 0) is 31.2 Å². The zero-order valence-electron chi connectivity index (χ0n) is 10.4. The molecule has 0 fully saturated rings. The van der Waals surface area contributed by atoms with Crippen LogP contribution in [0.3, 0.4) is 0 Å². The SMILES string of the molecule is CC(=O)c1ccc(OCc2cn3ccsc3n2)cc1. The van der Waals surface area contributed by atoms with Gasteiger partial charge in [-0.2, -0.15) is 0 Å². The summed E-state index contributed by atoms with van der Waals surface area (Å²) in [4.78, 5) is 16.6. The molecule has 0 aliphatic heterocycles. The van der Waals surface area contributed by atoms with Crippen molar-refractivity contribution in [2.24, 2.45) is 0 Å². The molecular formula is C14H12N2O2S. The van der Waals surface area contributed by atoms with Gasteiger partial charge in [0.25, 0.3) is 0 Å². The van der Waals surface area contributed by atoms with Crippen molar-refractivity contribution >= 4 is 22.1 Å². The topological polar surface area (TPSA) is 43.6 Å². The minimum absolute atomic E-state index is 0.0564. The first kappa shape index (κ1) is 11.9.